The summed E-state index contributed by atoms with van der Waals surface area (Å²) < 4.78 is 0. The van der Waals surface area contributed by atoms with E-state index in [1.807, 2.05) is 6.20 Å². The second kappa shape index (κ2) is 4.58. The van der Waals surface area contributed by atoms with Gasteiger partial charge < -0.3 is 10.3 Å². The van der Waals surface area contributed by atoms with E-state index in [4.69, 9.17) is 0 Å². The number of rotatable bonds is 4. The quantitative estimate of drug-likeness (QED) is 0.819. The van der Waals surface area contributed by atoms with Crippen LogP contribution in [0.25, 0.3) is 0 Å². The Bertz CT molecular complexity index is 316. The molecule has 0 spiro atoms. The van der Waals surface area contributed by atoms with Gasteiger partial charge in [0.25, 0.3) is 0 Å². The highest BCUT2D eigenvalue weighted by Gasteiger charge is 2.35. The van der Waals surface area contributed by atoms with E-state index >= 15 is 0 Å². The van der Waals surface area contributed by atoms with Crippen LogP contribution in [0.1, 0.15) is 39.3 Å². The SMILES string of the molecule is CC1CC(C)(C)CC1NCCc1cnc[nH]1. The molecule has 90 valence electrons. The average molecular weight is 221 g/mol. The monoisotopic (exact) mass is 221 g/mol. The Balaban J connectivity index is 1.74. The van der Waals surface area contributed by atoms with Crippen LogP contribution in [-0.4, -0.2) is 22.6 Å². The molecule has 1 aromatic heterocycles. The zero-order valence-electron chi connectivity index (χ0n) is 10.6. The van der Waals surface area contributed by atoms with Crippen molar-refractivity contribution in [3.8, 4) is 0 Å². The van der Waals surface area contributed by atoms with Crippen LogP contribution in [0.3, 0.4) is 0 Å². The van der Waals surface area contributed by atoms with Gasteiger partial charge in [0, 0.05) is 30.9 Å². The molecule has 1 heterocycles. The molecule has 2 atom stereocenters. The smallest absolute Gasteiger partial charge is 0.0921 e. The molecule has 2 rings (SSSR count). The summed E-state index contributed by atoms with van der Waals surface area (Å²) in [5.74, 6) is 0.803. The number of nitrogens with one attached hydrogen (secondary N) is 2. The van der Waals surface area contributed by atoms with Gasteiger partial charge in [-0.3, -0.25) is 0 Å². The largest absolute Gasteiger partial charge is 0.348 e. The zero-order chi connectivity index (χ0) is 11.6. The molecule has 3 nitrogen and oxygen atoms in total. The van der Waals surface area contributed by atoms with Crippen molar-refractivity contribution in [1.29, 1.82) is 0 Å². The first kappa shape index (κ1) is 11.6. The summed E-state index contributed by atoms with van der Waals surface area (Å²) in [5, 5.41) is 3.68. The van der Waals surface area contributed by atoms with E-state index in [0.29, 0.717) is 11.5 Å². The van der Waals surface area contributed by atoms with Crippen LogP contribution in [0.5, 0.6) is 0 Å². The third-order valence-electron chi connectivity index (χ3n) is 3.69. The molecule has 0 saturated heterocycles. The molecular weight excluding hydrogens is 198 g/mol. The predicted molar refractivity (Wildman–Crippen MR) is 66.3 cm³/mol. The second-order valence-electron chi connectivity index (χ2n) is 5.94. The molecule has 1 fully saturated rings. The van der Waals surface area contributed by atoms with Gasteiger partial charge in [-0.1, -0.05) is 20.8 Å². The van der Waals surface area contributed by atoms with Gasteiger partial charge in [0.15, 0.2) is 0 Å². The summed E-state index contributed by atoms with van der Waals surface area (Å²) in [5.41, 5.74) is 1.74. The van der Waals surface area contributed by atoms with Crippen LogP contribution in [0, 0.1) is 11.3 Å². The van der Waals surface area contributed by atoms with Crippen LogP contribution in [0.4, 0.5) is 0 Å². The lowest BCUT2D eigenvalue weighted by atomic mass is 9.91. The van der Waals surface area contributed by atoms with E-state index in [1.165, 1.54) is 18.5 Å². The maximum absolute atomic E-state index is 4.03. The fourth-order valence-electron chi connectivity index (χ4n) is 2.98. The summed E-state index contributed by atoms with van der Waals surface area (Å²) in [6.07, 6.45) is 7.34. The molecule has 1 aliphatic rings. The van der Waals surface area contributed by atoms with E-state index in [-0.39, 0.29) is 0 Å². The average Bonchev–Trinajstić information content (AvgIpc) is 2.75. The van der Waals surface area contributed by atoms with Crippen LogP contribution >= 0.6 is 0 Å². The number of aromatic nitrogens is 2. The van der Waals surface area contributed by atoms with E-state index in [9.17, 15) is 0 Å². The standard InChI is InChI=1S/C13H23N3/c1-10-6-13(2,3)7-12(10)15-5-4-11-8-14-9-16-11/h8-10,12,15H,4-7H2,1-3H3,(H,14,16). The minimum atomic E-state index is 0.519. The lowest BCUT2D eigenvalue weighted by Crippen LogP contribution is -2.33. The summed E-state index contributed by atoms with van der Waals surface area (Å²) in [6, 6.07) is 0.693. The van der Waals surface area contributed by atoms with Crippen LogP contribution < -0.4 is 5.32 Å². The van der Waals surface area contributed by atoms with E-state index in [1.54, 1.807) is 6.33 Å². The Kier molecular flexibility index (Phi) is 3.33. The highest BCUT2D eigenvalue weighted by molar-refractivity contribution is 4.96. The molecule has 0 amide bonds. The van der Waals surface area contributed by atoms with Gasteiger partial charge in [0.2, 0.25) is 0 Å². The van der Waals surface area contributed by atoms with Gasteiger partial charge in [0.05, 0.1) is 6.33 Å². The molecule has 2 N–H and O–H groups in total. The number of hydrogen-bond acceptors (Lipinski definition) is 2. The minimum absolute atomic E-state index is 0.519. The number of nitrogens with zero attached hydrogens (tertiary/aromatic N) is 1. The Morgan fingerprint density at radius 3 is 2.88 bits per heavy atom. The molecule has 3 heteroatoms. The summed E-state index contributed by atoms with van der Waals surface area (Å²) in [6.45, 7) is 8.16. The molecule has 0 bridgehead atoms. The van der Waals surface area contributed by atoms with E-state index < -0.39 is 0 Å². The molecule has 2 unspecified atom stereocenters. The van der Waals surface area contributed by atoms with Crippen molar-refractivity contribution < 1.29 is 0 Å². The Labute approximate surface area is 98.1 Å². The van der Waals surface area contributed by atoms with Gasteiger partial charge in [-0.25, -0.2) is 4.98 Å². The Hall–Kier alpha value is -0.830. The molecular formula is C13H23N3. The molecule has 0 aromatic carbocycles. The third kappa shape index (κ3) is 2.85. The van der Waals surface area contributed by atoms with E-state index in [0.717, 1.165) is 18.9 Å². The molecule has 1 aromatic rings. The Morgan fingerprint density at radius 1 is 1.50 bits per heavy atom. The summed E-state index contributed by atoms with van der Waals surface area (Å²) >= 11 is 0. The maximum Gasteiger partial charge on any atom is 0.0921 e. The van der Waals surface area contributed by atoms with Crippen molar-refractivity contribution in [2.45, 2.75) is 46.1 Å². The first-order valence-electron chi connectivity index (χ1n) is 6.27. The molecule has 1 aliphatic carbocycles. The van der Waals surface area contributed by atoms with Crippen molar-refractivity contribution in [1.82, 2.24) is 15.3 Å². The molecule has 1 saturated carbocycles. The van der Waals surface area contributed by atoms with E-state index in [2.05, 4.69) is 36.1 Å². The normalized spacial score (nSPS) is 28.4. The summed E-state index contributed by atoms with van der Waals surface area (Å²) in [4.78, 5) is 7.17. The topological polar surface area (TPSA) is 40.7 Å². The molecule has 16 heavy (non-hydrogen) atoms. The van der Waals surface area contributed by atoms with Crippen molar-refractivity contribution in [3.05, 3.63) is 18.2 Å². The zero-order valence-corrected chi connectivity index (χ0v) is 10.6. The van der Waals surface area contributed by atoms with Gasteiger partial charge in [-0.2, -0.15) is 0 Å². The van der Waals surface area contributed by atoms with Crippen LogP contribution in [-0.2, 0) is 6.42 Å². The lowest BCUT2D eigenvalue weighted by molar-refractivity contribution is 0.362. The molecule has 0 aliphatic heterocycles. The van der Waals surface area contributed by atoms with Crippen molar-refractivity contribution >= 4 is 0 Å². The van der Waals surface area contributed by atoms with Gasteiger partial charge in [-0.05, 0) is 24.2 Å². The van der Waals surface area contributed by atoms with Crippen molar-refractivity contribution in [2.24, 2.45) is 11.3 Å². The van der Waals surface area contributed by atoms with Crippen LogP contribution in [0.2, 0.25) is 0 Å². The third-order valence-corrected chi connectivity index (χ3v) is 3.69. The van der Waals surface area contributed by atoms with Crippen molar-refractivity contribution in [3.63, 3.8) is 0 Å². The number of imidazole rings is 1. The van der Waals surface area contributed by atoms with Gasteiger partial charge in [-0.15, -0.1) is 0 Å². The fraction of sp³-hybridized carbons (Fsp3) is 0.769. The second-order valence-corrected chi connectivity index (χ2v) is 5.94. The van der Waals surface area contributed by atoms with Gasteiger partial charge in [0.1, 0.15) is 0 Å². The maximum atomic E-state index is 4.03. The Morgan fingerprint density at radius 2 is 2.31 bits per heavy atom. The van der Waals surface area contributed by atoms with Crippen LogP contribution in [0.15, 0.2) is 12.5 Å². The first-order chi connectivity index (χ1) is 7.57. The molecule has 0 radical (unpaired) electrons. The minimum Gasteiger partial charge on any atom is -0.348 e. The van der Waals surface area contributed by atoms with Gasteiger partial charge >= 0.3 is 0 Å². The highest BCUT2D eigenvalue weighted by atomic mass is 14.9. The van der Waals surface area contributed by atoms with Crippen molar-refractivity contribution in [2.75, 3.05) is 6.54 Å². The lowest BCUT2D eigenvalue weighted by Gasteiger charge is -2.18. The fourth-order valence-corrected chi connectivity index (χ4v) is 2.98. The number of aromatic amines is 1. The highest BCUT2D eigenvalue weighted by Crippen LogP contribution is 2.40. The predicted octanol–water partition coefficient (Wildman–Crippen LogP) is 2.37. The summed E-state index contributed by atoms with van der Waals surface area (Å²) in [7, 11) is 0. The number of H-pyrrole nitrogens is 1. The first-order valence-corrected chi connectivity index (χ1v) is 6.27. The number of hydrogen-bond donors (Lipinski definition) is 2.